The van der Waals surface area contributed by atoms with Gasteiger partial charge in [-0.15, -0.1) is 0 Å². The quantitative estimate of drug-likeness (QED) is 0.878. The molecule has 0 aliphatic carbocycles. The minimum atomic E-state index is -1.26. The minimum absolute atomic E-state index is 0.0948. The Morgan fingerprint density at radius 3 is 2.81 bits per heavy atom. The highest BCUT2D eigenvalue weighted by molar-refractivity contribution is 6.30. The zero-order valence-electron chi connectivity index (χ0n) is 7.78. The van der Waals surface area contributed by atoms with Gasteiger partial charge in [0.2, 0.25) is 5.76 Å². The van der Waals surface area contributed by atoms with E-state index in [1.54, 1.807) is 0 Å². The van der Waals surface area contributed by atoms with Crippen molar-refractivity contribution in [3.63, 3.8) is 0 Å². The molecule has 0 aliphatic heterocycles. The molecular formula is C10H5ClFNO3. The standard InChI is InChI=1S/C10H5ClFNO3/c11-5-1-2-7(12)6(3-5)8-4-9(10(14)15)16-13-8/h1-4H,(H,14,15). The van der Waals surface area contributed by atoms with Gasteiger partial charge in [0.05, 0.1) is 0 Å². The van der Waals surface area contributed by atoms with E-state index in [-0.39, 0.29) is 17.0 Å². The van der Waals surface area contributed by atoms with E-state index in [9.17, 15) is 9.18 Å². The molecule has 0 saturated heterocycles. The third kappa shape index (κ3) is 1.90. The molecule has 0 aliphatic rings. The van der Waals surface area contributed by atoms with Gasteiger partial charge in [0.1, 0.15) is 11.5 Å². The fourth-order valence-corrected chi connectivity index (χ4v) is 1.37. The first-order valence-corrected chi connectivity index (χ1v) is 4.61. The maximum Gasteiger partial charge on any atom is 0.374 e. The molecule has 2 aromatic rings. The van der Waals surface area contributed by atoms with E-state index in [4.69, 9.17) is 16.7 Å². The number of carboxylic acids is 1. The second-order valence-corrected chi connectivity index (χ2v) is 3.44. The minimum Gasteiger partial charge on any atom is -0.475 e. The highest BCUT2D eigenvalue weighted by Gasteiger charge is 2.15. The second kappa shape index (κ2) is 3.94. The van der Waals surface area contributed by atoms with Crippen LogP contribution in [0.1, 0.15) is 10.6 Å². The Kier molecular flexibility index (Phi) is 2.62. The largest absolute Gasteiger partial charge is 0.475 e. The molecule has 16 heavy (non-hydrogen) atoms. The molecule has 0 saturated carbocycles. The maximum absolute atomic E-state index is 13.4. The monoisotopic (exact) mass is 241 g/mol. The van der Waals surface area contributed by atoms with Crippen molar-refractivity contribution >= 4 is 17.6 Å². The number of rotatable bonds is 2. The van der Waals surface area contributed by atoms with Crippen molar-refractivity contribution in [3.05, 3.63) is 40.9 Å². The van der Waals surface area contributed by atoms with Crippen LogP contribution in [0.3, 0.4) is 0 Å². The van der Waals surface area contributed by atoms with Crippen molar-refractivity contribution in [2.24, 2.45) is 0 Å². The van der Waals surface area contributed by atoms with Crippen LogP contribution in [-0.2, 0) is 0 Å². The summed E-state index contributed by atoms with van der Waals surface area (Å²) in [6.07, 6.45) is 0. The highest BCUT2D eigenvalue weighted by Crippen LogP contribution is 2.25. The van der Waals surface area contributed by atoms with Crippen LogP contribution in [-0.4, -0.2) is 16.2 Å². The molecule has 1 N–H and O–H groups in total. The molecule has 0 spiro atoms. The van der Waals surface area contributed by atoms with Crippen LogP contribution in [0, 0.1) is 5.82 Å². The van der Waals surface area contributed by atoms with Crippen LogP contribution < -0.4 is 0 Å². The first kappa shape index (κ1) is 10.6. The van der Waals surface area contributed by atoms with Gasteiger partial charge in [-0.2, -0.15) is 0 Å². The Morgan fingerprint density at radius 1 is 1.44 bits per heavy atom. The SMILES string of the molecule is O=C(O)c1cc(-c2cc(Cl)ccc2F)no1. The molecule has 0 amide bonds. The van der Waals surface area contributed by atoms with Gasteiger partial charge in [-0.25, -0.2) is 9.18 Å². The molecule has 0 unspecified atom stereocenters. The summed E-state index contributed by atoms with van der Waals surface area (Å²) in [6, 6.07) is 5.04. The molecule has 0 fully saturated rings. The number of hydrogen-bond donors (Lipinski definition) is 1. The van der Waals surface area contributed by atoms with Gasteiger partial charge >= 0.3 is 5.97 Å². The predicted octanol–water partition coefficient (Wildman–Crippen LogP) is 2.83. The topological polar surface area (TPSA) is 63.3 Å². The summed E-state index contributed by atoms with van der Waals surface area (Å²) in [7, 11) is 0. The van der Waals surface area contributed by atoms with Crippen molar-refractivity contribution in [1.82, 2.24) is 5.16 Å². The Labute approximate surface area is 94.2 Å². The Hall–Kier alpha value is -1.88. The second-order valence-electron chi connectivity index (χ2n) is 3.01. The van der Waals surface area contributed by atoms with Crippen LogP contribution in [0.2, 0.25) is 5.02 Å². The molecule has 82 valence electrons. The molecule has 0 radical (unpaired) electrons. The molecular weight excluding hydrogens is 237 g/mol. The van der Waals surface area contributed by atoms with Crippen molar-refractivity contribution in [3.8, 4) is 11.3 Å². The summed E-state index contributed by atoms with van der Waals surface area (Å²) in [5.74, 6) is -2.16. The van der Waals surface area contributed by atoms with E-state index in [2.05, 4.69) is 9.68 Å². The predicted molar refractivity (Wildman–Crippen MR) is 53.9 cm³/mol. The van der Waals surface area contributed by atoms with E-state index in [0.717, 1.165) is 6.07 Å². The molecule has 1 aromatic heterocycles. The Balaban J connectivity index is 2.50. The molecule has 2 rings (SSSR count). The zero-order valence-corrected chi connectivity index (χ0v) is 8.53. The molecule has 1 heterocycles. The molecule has 1 aromatic carbocycles. The zero-order chi connectivity index (χ0) is 11.7. The Bertz CT molecular complexity index is 553. The number of hydrogen-bond acceptors (Lipinski definition) is 3. The van der Waals surface area contributed by atoms with Crippen molar-refractivity contribution < 1.29 is 18.8 Å². The van der Waals surface area contributed by atoms with Crippen LogP contribution in [0.15, 0.2) is 28.8 Å². The number of aromatic carboxylic acids is 1. The lowest BCUT2D eigenvalue weighted by molar-refractivity contribution is 0.0652. The van der Waals surface area contributed by atoms with Gasteiger partial charge in [-0.1, -0.05) is 16.8 Å². The van der Waals surface area contributed by atoms with E-state index in [1.807, 2.05) is 0 Å². The normalized spacial score (nSPS) is 10.4. The molecule has 4 nitrogen and oxygen atoms in total. The van der Waals surface area contributed by atoms with Crippen molar-refractivity contribution in [1.29, 1.82) is 0 Å². The average molecular weight is 242 g/mol. The fraction of sp³-hybridized carbons (Fsp3) is 0. The van der Waals surface area contributed by atoms with Crippen molar-refractivity contribution in [2.45, 2.75) is 0 Å². The number of nitrogens with zero attached hydrogens (tertiary/aromatic N) is 1. The first-order chi connectivity index (χ1) is 7.58. The highest BCUT2D eigenvalue weighted by atomic mass is 35.5. The number of carbonyl (C=O) groups is 1. The summed E-state index contributed by atoms with van der Waals surface area (Å²) in [5.41, 5.74) is 0.196. The van der Waals surface area contributed by atoms with E-state index in [0.29, 0.717) is 5.02 Å². The third-order valence-electron chi connectivity index (χ3n) is 1.93. The summed E-state index contributed by atoms with van der Waals surface area (Å²) < 4.78 is 17.9. The lowest BCUT2D eigenvalue weighted by Gasteiger charge is -1.98. The smallest absolute Gasteiger partial charge is 0.374 e. The maximum atomic E-state index is 13.4. The van der Waals surface area contributed by atoms with Gasteiger partial charge in [-0.05, 0) is 18.2 Å². The fourth-order valence-electron chi connectivity index (χ4n) is 1.20. The lowest BCUT2D eigenvalue weighted by atomic mass is 10.1. The number of benzene rings is 1. The lowest BCUT2D eigenvalue weighted by Crippen LogP contribution is -1.91. The van der Waals surface area contributed by atoms with Gasteiger partial charge < -0.3 is 9.63 Å². The van der Waals surface area contributed by atoms with Gasteiger partial charge in [-0.3, -0.25) is 0 Å². The first-order valence-electron chi connectivity index (χ1n) is 4.23. The number of carboxylic acid groups (broad SMARTS) is 1. The molecule has 0 bridgehead atoms. The number of aromatic nitrogens is 1. The average Bonchev–Trinajstić information content (AvgIpc) is 2.70. The van der Waals surface area contributed by atoms with E-state index < -0.39 is 11.8 Å². The Morgan fingerprint density at radius 2 is 2.19 bits per heavy atom. The number of halogens is 2. The van der Waals surface area contributed by atoms with E-state index in [1.165, 1.54) is 18.2 Å². The van der Waals surface area contributed by atoms with Crippen molar-refractivity contribution in [2.75, 3.05) is 0 Å². The summed E-state index contributed by atoms with van der Waals surface area (Å²) in [4.78, 5) is 10.5. The van der Waals surface area contributed by atoms with Gasteiger partial charge in [0, 0.05) is 16.7 Å². The van der Waals surface area contributed by atoms with Crippen LogP contribution >= 0.6 is 11.6 Å². The van der Waals surface area contributed by atoms with Crippen LogP contribution in [0.5, 0.6) is 0 Å². The summed E-state index contributed by atoms with van der Waals surface area (Å²) in [6.45, 7) is 0. The van der Waals surface area contributed by atoms with Gasteiger partial charge in [0.25, 0.3) is 0 Å². The van der Waals surface area contributed by atoms with Gasteiger partial charge in [0.15, 0.2) is 0 Å². The third-order valence-corrected chi connectivity index (χ3v) is 2.16. The summed E-state index contributed by atoms with van der Waals surface area (Å²) in [5, 5.41) is 12.4. The molecule has 6 heteroatoms. The molecule has 0 atom stereocenters. The van der Waals surface area contributed by atoms with E-state index >= 15 is 0 Å². The summed E-state index contributed by atoms with van der Waals surface area (Å²) >= 11 is 5.69. The van der Waals surface area contributed by atoms with Crippen LogP contribution in [0.4, 0.5) is 4.39 Å². The van der Waals surface area contributed by atoms with Crippen LogP contribution in [0.25, 0.3) is 11.3 Å².